The van der Waals surface area contributed by atoms with Crippen molar-refractivity contribution in [3.8, 4) is 5.82 Å². The van der Waals surface area contributed by atoms with E-state index in [0.717, 1.165) is 50.8 Å². The Bertz CT molecular complexity index is 1510. The molecule has 5 rings (SSSR count). The minimum absolute atomic E-state index is 0.0409. The molecule has 0 bridgehead atoms. The Kier molecular flexibility index (Phi) is 7.48. The molecule has 1 amide bonds. The molecule has 39 heavy (non-hydrogen) atoms. The molecule has 1 saturated heterocycles. The fraction of sp³-hybridized carbons (Fsp3) is 0.290. The van der Waals surface area contributed by atoms with Gasteiger partial charge < -0.3 is 20.1 Å². The smallest absolute Gasteiger partial charge is 0.226 e. The lowest BCUT2D eigenvalue weighted by Crippen LogP contribution is -2.33. The van der Waals surface area contributed by atoms with Crippen molar-refractivity contribution < 1.29 is 4.79 Å². The number of benzene rings is 1. The Labute approximate surface area is 235 Å². The summed E-state index contributed by atoms with van der Waals surface area (Å²) in [5.74, 6) is 0.838. The molecular weight excluding hydrogens is 504 g/mol. The third-order valence-electron chi connectivity index (χ3n) is 7.36. The summed E-state index contributed by atoms with van der Waals surface area (Å²) in [7, 11) is 0. The highest BCUT2D eigenvalue weighted by molar-refractivity contribution is 7.80. The van der Waals surface area contributed by atoms with E-state index in [9.17, 15) is 4.79 Å². The lowest BCUT2D eigenvalue weighted by molar-refractivity contribution is -0.116. The molecule has 1 fully saturated rings. The van der Waals surface area contributed by atoms with Crippen LogP contribution in [0.4, 0.5) is 5.69 Å². The number of carbonyl (C=O) groups excluding carboxylic acids is 1. The second-order valence-electron chi connectivity index (χ2n) is 10.3. The number of pyridine rings is 2. The maximum absolute atomic E-state index is 13.0. The van der Waals surface area contributed by atoms with Gasteiger partial charge >= 0.3 is 0 Å². The van der Waals surface area contributed by atoms with Crippen LogP contribution in [0.25, 0.3) is 5.82 Å². The van der Waals surface area contributed by atoms with Crippen LogP contribution in [0.3, 0.4) is 0 Å². The number of aromatic nitrogens is 3. The molecule has 3 aromatic heterocycles. The summed E-state index contributed by atoms with van der Waals surface area (Å²) in [5, 5.41) is 7.20. The SMILES string of the molecule is Cc1ccc(-n2c(C)cc(C3C(c4ccccn4)NC(=S)N3CCC(=O)Nc3cc(C)ccc3C)c2C)nc1. The quantitative estimate of drug-likeness (QED) is 0.289. The zero-order valence-corrected chi connectivity index (χ0v) is 23.8. The van der Waals surface area contributed by atoms with Gasteiger partial charge in [0.05, 0.1) is 17.8 Å². The minimum atomic E-state index is -0.152. The molecule has 1 aromatic carbocycles. The van der Waals surface area contributed by atoms with Crippen LogP contribution in [0.1, 0.15) is 57.8 Å². The van der Waals surface area contributed by atoms with Gasteiger partial charge in [0.25, 0.3) is 0 Å². The van der Waals surface area contributed by atoms with Gasteiger partial charge in [-0.15, -0.1) is 0 Å². The molecular formula is C31H34N6OS. The lowest BCUT2D eigenvalue weighted by Gasteiger charge is -2.28. The maximum atomic E-state index is 13.0. The largest absolute Gasteiger partial charge is 0.352 e. The summed E-state index contributed by atoms with van der Waals surface area (Å²) in [6, 6.07) is 18.0. The number of thiocarbonyl (C=S) groups is 1. The minimum Gasteiger partial charge on any atom is -0.352 e. The van der Waals surface area contributed by atoms with Crippen LogP contribution in [0, 0.1) is 34.6 Å². The normalized spacial score (nSPS) is 16.8. The predicted molar refractivity (Wildman–Crippen MR) is 159 cm³/mol. The zero-order chi connectivity index (χ0) is 27.7. The van der Waals surface area contributed by atoms with Gasteiger partial charge in [-0.3, -0.25) is 9.78 Å². The van der Waals surface area contributed by atoms with Gasteiger partial charge in [-0.05, 0) is 99.4 Å². The first kappa shape index (κ1) is 26.6. The Morgan fingerprint density at radius 3 is 2.51 bits per heavy atom. The van der Waals surface area contributed by atoms with Crippen LogP contribution in [-0.2, 0) is 4.79 Å². The highest BCUT2D eigenvalue weighted by atomic mass is 32.1. The highest BCUT2D eigenvalue weighted by Crippen LogP contribution is 2.41. The first-order valence-corrected chi connectivity index (χ1v) is 13.6. The Morgan fingerprint density at radius 2 is 1.79 bits per heavy atom. The number of amides is 1. The van der Waals surface area contributed by atoms with E-state index in [1.54, 1.807) is 6.20 Å². The first-order chi connectivity index (χ1) is 18.7. The van der Waals surface area contributed by atoms with Crippen molar-refractivity contribution in [2.75, 3.05) is 11.9 Å². The topological polar surface area (TPSA) is 75.1 Å². The predicted octanol–water partition coefficient (Wildman–Crippen LogP) is 5.81. The molecule has 2 N–H and O–H groups in total. The van der Waals surface area contributed by atoms with Crippen LogP contribution in [0.15, 0.2) is 67.0 Å². The fourth-order valence-electron chi connectivity index (χ4n) is 5.32. The second kappa shape index (κ2) is 11.0. The molecule has 8 heteroatoms. The molecule has 7 nitrogen and oxygen atoms in total. The van der Waals surface area contributed by atoms with E-state index in [0.29, 0.717) is 18.1 Å². The van der Waals surface area contributed by atoms with Crippen molar-refractivity contribution in [1.29, 1.82) is 0 Å². The standard InChI is InChI=1S/C31H34N6OS/c1-19-9-11-21(3)26(16-19)34-28(38)13-15-36-30(29(35-31(36)39)25-8-6-7-14-32-25)24-17-22(4)37(23(24)5)27-12-10-20(2)18-33-27/h6-12,14,16-18,29-30H,13,15H2,1-5H3,(H,34,38)(H,35,39). The molecule has 1 aliphatic rings. The first-order valence-electron chi connectivity index (χ1n) is 13.2. The number of hydrogen-bond acceptors (Lipinski definition) is 4. The number of aryl methyl sites for hydroxylation is 4. The van der Waals surface area contributed by atoms with E-state index < -0.39 is 0 Å². The third-order valence-corrected chi connectivity index (χ3v) is 7.71. The van der Waals surface area contributed by atoms with Gasteiger partial charge in [0, 0.05) is 42.4 Å². The molecule has 4 aromatic rings. The Hall–Kier alpha value is -4.04. The zero-order valence-electron chi connectivity index (χ0n) is 23.0. The van der Waals surface area contributed by atoms with Crippen molar-refractivity contribution >= 4 is 28.9 Å². The fourth-order valence-corrected chi connectivity index (χ4v) is 5.65. The third kappa shape index (κ3) is 5.43. The van der Waals surface area contributed by atoms with Gasteiger partial charge in [-0.25, -0.2) is 4.98 Å². The van der Waals surface area contributed by atoms with E-state index in [1.165, 1.54) is 0 Å². The molecule has 0 radical (unpaired) electrons. The second-order valence-corrected chi connectivity index (χ2v) is 10.7. The lowest BCUT2D eigenvalue weighted by atomic mass is 9.96. The van der Waals surface area contributed by atoms with Gasteiger partial charge in [-0.1, -0.05) is 24.3 Å². The molecule has 200 valence electrons. The van der Waals surface area contributed by atoms with E-state index in [2.05, 4.69) is 56.0 Å². The molecule has 2 unspecified atom stereocenters. The number of carbonyl (C=O) groups is 1. The van der Waals surface area contributed by atoms with E-state index in [-0.39, 0.29) is 18.0 Å². The molecule has 0 saturated carbocycles. The van der Waals surface area contributed by atoms with Crippen LogP contribution in [-0.4, -0.2) is 37.0 Å². The number of anilines is 1. The number of rotatable bonds is 7. The average Bonchev–Trinajstić information content (AvgIpc) is 3.40. The van der Waals surface area contributed by atoms with Crippen molar-refractivity contribution in [1.82, 2.24) is 24.8 Å². The molecule has 2 atom stereocenters. The van der Waals surface area contributed by atoms with E-state index in [1.807, 2.05) is 69.4 Å². The molecule has 4 heterocycles. The van der Waals surface area contributed by atoms with Crippen LogP contribution in [0.2, 0.25) is 0 Å². The summed E-state index contributed by atoms with van der Waals surface area (Å²) < 4.78 is 2.18. The summed E-state index contributed by atoms with van der Waals surface area (Å²) >= 11 is 5.84. The summed E-state index contributed by atoms with van der Waals surface area (Å²) in [4.78, 5) is 24.5. The molecule has 0 aliphatic carbocycles. The van der Waals surface area contributed by atoms with Gasteiger partial charge in [0.15, 0.2) is 5.11 Å². The maximum Gasteiger partial charge on any atom is 0.226 e. The van der Waals surface area contributed by atoms with Gasteiger partial charge in [-0.2, -0.15) is 0 Å². The van der Waals surface area contributed by atoms with Crippen LogP contribution in [0.5, 0.6) is 0 Å². The number of nitrogens with zero attached hydrogens (tertiary/aromatic N) is 4. The highest BCUT2D eigenvalue weighted by Gasteiger charge is 2.41. The summed E-state index contributed by atoms with van der Waals surface area (Å²) in [6.45, 7) is 10.7. The Morgan fingerprint density at radius 1 is 1.00 bits per heavy atom. The average molecular weight is 539 g/mol. The summed E-state index contributed by atoms with van der Waals surface area (Å²) in [5.41, 5.74) is 8.33. The van der Waals surface area contributed by atoms with Crippen molar-refractivity contribution in [2.45, 2.75) is 53.1 Å². The van der Waals surface area contributed by atoms with Crippen molar-refractivity contribution in [3.05, 3.63) is 106 Å². The number of hydrogen-bond donors (Lipinski definition) is 2. The molecule has 0 spiro atoms. The van der Waals surface area contributed by atoms with Crippen LogP contribution >= 0.6 is 12.2 Å². The van der Waals surface area contributed by atoms with Gasteiger partial charge in [0.1, 0.15) is 5.82 Å². The van der Waals surface area contributed by atoms with E-state index in [4.69, 9.17) is 12.2 Å². The van der Waals surface area contributed by atoms with Crippen molar-refractivity contribution in [2.24, 2.45) is 0 Å². The van der Waals surface area contributed by atoms with Crippen molar-refractivity contribution in [3.63, 3.8) is 0 Å². The summed E-state index contributed by atoms with van der Waals surface area (Å²) in [6.07, 6.45) is 3.99. The monoisotopic (exact) mass is 538 g/mol. The van der Waals surface area contributed by atoms with E-state index >= 15 is 0 Å². The Balaban J connectivity index is 1.46. The number of nitrogens with one attached hydrogen (secondary N) is 2. The molecule has 1 aliphatic heterocycles. The van der Waals surface area contributed by atoms with Gasteiger partial charge in [0.2, 0.25) is 5.91 Å². The van der Waals surface area contributed by atoms with Crippen LogP contribution < -0.4 is 10.6 Å².